The molecular formula is C11H17N5O2. The summed E-state index contributed by atoms with van der Waals surface area (Å²) in [4.78, 5) is 12.3. The second-order valence-electron chi connectivity index (χ2n) is 5.02. The van der Waals surface area contributed by atoms with Gasteiger partial charge in [0.15, 0.2) is 5.82 Å². The molecule has 2 heterocycles. The molecule has 0 spiro atoms. The number of amides is 1. The van der Waals surface area contributed by atoms with E-state index in [2.05, 4.69) is 25.9 Å². The van der Waals surface area contributed by atoms with Gasteiger partial charge in [-0.25, -0.2) is 0 Å². The molecule has 1 aromatic heterocycles. The Hall–Kier alpha value is -1.50. The summed E-state index contributed by atoms with van der Waals surface area (Å²) in [5, 5.41) is 17.0. The number of nitrogens with zero attached hydrogens (tertiary/aromatic N) is 3. The molecule has 2 fully saturated rings. The lowest BCUT2D eigenvalue weighted by Crippen LogP contribution is -2.42. The predicted octanol–water partition coefficient (Wildman–Crippen LogP) is 0.120. The van der Waals surface area contributed by atoms with Crippen molar-refractivity contribution in [2.75, 3.05) is 6.61 Å². The van der Waals surface area contributed by atoms with Crippen LogP contribution in [0.1, 0.15) is 38.4 Å². The number of rotatable bonds is 4. The first kappa shape index (κ1) is 11.6. The van der Waals surface area contributed by atoms with Gasteiger partial charge in [-0.05, 0) is 25.7 Å². The summed E-state index contributed by atoms with van der Waals surface area (Å²) in [6.45, 7) is 2.72. The number of hydrogen-bond acceptors (Lipinski definition) is 5. The molecule has 1 saturated heterocycles. The zero-order valence-corrected chi connectivity index (χ0v) is 10.3. The van der Waals surface area contributed by atoms with Gasteiger partial charge in [-0.2, -0.15) is 5.21 Å². The molecule has 1 saturated carbocycles. The second kappa shape index (κ2) is 4.31. The van der Waals surface area contributed by atoms with Crippen molar-refractivity contribution in [3.8, 4) is 0 Å². The first-order chi connectivity index (χ1) is 8.75. The molecule has 1 amide bonds. The topological polar surface area (TPSA) is 92.8 Å². The Labute approximate surface area is 105 Å². The van der Waals surface area contributed by atoms with Crippen LogP contribution in [0.2, 0.25) is 0 Å². The zero-order valence-electron chi connectivity index (χ0n) is 10.3. The van der Waals surface area contributed by atoms with Gasteiger partial charge in [-0.1, -0.05) is 12.1 Å². The van der Waals surface area contributed by atoms with E-state index in [9.17, 15) is 4.79 Å². The van der Waals surface area contributed by atoms with Gasteiger partial charge in [-0.15, -0.1) is 10.2 Å². The van der Waals surface area contributed by atoms with E-state index >= 15 is 0 Å². The fourth-order valence-corrected chi connectivity index (χ4v) is 2.57. The maximum atomic E-state index is 12.3. The largest absolute Gasteiger partial charge is 0.377 e. The number of hydrogen-bond donors (Lipinski definition) is 2. The van der Waals surface area contributed by atoms with Gasteiger partial charge in [0.25, 0.3) is 0 Å². The van der Waals surface area contributed by atoms with Gasteiger partial charge in [0.2, 0.25) is 5.91 Å². The minimum Gasteiger partial charge on any atom is -0.377 e. The third kappa shape index (κ3) is 1.88. The standard InChI is InChI=1S/C11H17N5O2/c1-2-8-7(3-6-18-8)9(17)12-11(4-5-11)10-13-15-16-14-10/h7-8H,2-6H2,1H3,(H,12,17)(H,13,14,15,16)/t7-,8+/m1/s1. The van der Waals surface area contributed by atoms with Crippen LogP contribution in [-0.2, 0) is 15.1 Å². The Bertz CT molecular complexity index is 429. The van der Waals surface area contributed by atoms with Crippen molar-refractivity contribution in [2.24, 2.45) is 5.92 Å². The number of tetrazole rings is 1. The lowest BCUT2D eigenvalue weighted by atomic mass is 9.98. The number of ether oxygens (including phenoxy) is 1. The highest BCUT2D eigenvalue weighted by Crippen LogP contribution is 2.44. The molecule has 1 aliphatic heterocycles. The number of nitrogens with one attached hydrogen (secondary N) is 2. The van der Waals surface area contributed by atoms with E-state index in [0.717, 1.165) is 25.7 Å². The molecule has 18 heavy (non-hydrogen) atoms. The van der Waals surface area contributed by atoms with E-state index in [1.807, 2.05) is 6.92 Å². The van der Waals surface area contributed by atoms with Crippen LogP contribution in [-0.4, -0.2) is 39.2 Å². The lowest BCUT2D eigenvalue weighted by molar-refractivity contribution is -0.127. The predicted molar refractivity (Wildman–Crippen MR) is 61.4 cm³/mol. The third-order valence-electron chi connectivity index (χ3n) is 3.83. The molecule has 3 rings (SSSR count). The molecule has 0 unspecified atom stereocenters. The number of aromatic nitrogens is 4. The van der Waals surface area contributed by atoms with Crippen molar-refractivity contribution in [1.29, 1.82) is 0 Å². The molecule has 2 aliphatic rings. The van der Waals surface area contributed by atoms with Crippen molar-refractivity contribution in [3.05, 3.63) is 5.82 Å². The minimum atomic E-state index is -0.384. The highest BCUT2D eigenvalue weighted by molar-refractivity contribution is 5.80. The van der Waals surface area contributed by atoms with Crippen molar-refractivity contribution in [2.45, 2.75) is 44.2 Å². The molecule has 98 valence electrons. The minimum absolute atomic E-state index is 0.0422. The van der Waals surface area contributed by atoms with Gasteiger partial charge in [0.05, 0.1) is 12.0 Å². The molecule has 0 bridgehead atoms. The van der Waals surface area contributed by atoms with Gasteiger partial charge in [0.1, 0.15) is 5.54 Å². The molecule has 7 heteroatoms. The first-order valence-corrected chi connectivity index (χ1v) is 6.43. The average molecular weight is 251 g/mol. The Balaban J connectivity index is 1.68. The van der Waals surface area contributed by atoms with Crippen LogP contribution in [0.3, 0.4) is 0 Å². The molecule has 1 aliphatic carbocycles. The fourth-order valence-electron chi connectivity index (χ4n) is 2.57. The van der Waals surface area contributed by atoms with E-state index < -0.39 is 0 Å². The molecule has 7 nitrogen and oxygen atoms in total. The molecule has 1 aromatic rings. The Kier molecular flexibility index (Phi) is 2.77. The molecule has 2 atom stereocenters. The number of carbonyl (C=O) groups is 1. The molecular weight excluding hydrogens is 234 g/mol. The van der Waals surface area contributed by atoms with Crippen LogP contribution in [0.5, 0.6) is 0 Å². The zero-order chi connectivity index (χ0) is 12.6. The van der Waals surface area contributed by atoms with Crippen molar-refractivity contribution < 1.29 is 9.53 Å². The molecule has 0 aromatic carbocycles. The summed E-state index contributed by atoms with van der Waals surface area (Å²) in [7, 11) is 0. The summed E-state index contributed by atoms with van der Waals surface area (Å²) in [6, 6.07) is 0. The maximum absolute atomic E-state index is 12.3. The second-order valence-corrected chi connectivity index (χ2v) is 5.02. The summed E-state index contributed by atoms with van der Waals surface area (Å²) in [5.41, 5.74) is -0.384. The summed E-state index contributed by atoms with van der Waals surface area (Å²) in [5.74, 6) is 0.601. The smallest absolute Gasteiger partial charge is 0.226 e. The highest BCUT2D eigenvalue weighted by atomic mass is 16.5. The molecule has 2 N–H and O–H groups in total. The Morgan fingerprint density at radius 2 is 2.44 bits per heavy atom. The van der Waals surface area contributed by atoms with Crippen molar-refractivity contribution in [1.82, 2.24) is 25.9 Å². The van der Waals surface area contributed by atoms with Gasteiger partial charge in [0, 0.05) is 6.61 Å². The van der Waals surface area contributed by atoms with Crippen LogP contribution < -0.4 is 5.32 Å². The SMILES string of the molecule is CC[C@@H]1OCC[C@H]1C(=O)NC1(c2nn[nH]n2)CC1. The third-order valence-corrected chi connectivity index (χ3v) is 3.83. The average Bonchev–Trinajstić information content (AvgIpc) is 2.90. The summed E-state index contributed by atoms with van der Waals surface area (Å²) < 4.78 is 5.55. The number of carbonyl (C=O) groups excluding carboxylic acids is 1. The Morgan fingerprint density at radius 1 is 1.61 bits per heavy atom. The summed E-state index contributed by atoms with van der Waals surface area (Å²) >= 11 is 0. The quantitative estimate of drug-likeness (QED) is 0.793. The van der Waals surface area contributed by atoms with E-state index in [4.69, 9.17) is 4.74 Å². The van der Waals surface area contributed by atoms with E-state index in [1.165, 1.54) is 0 Å². The Morgan fingerprint density at radius 3 is 3.06 bits per heavy atom. The van der Waals surface area contributed by atoms with E-state index in [1.54, 1.807) is 0 Å². The highest BCUT2D eigenvalue weighted by Gasteiger charge is 2.51. The monoisotopic (exact) mass is 251 g/mol. The van der Waals surface area contributed by atoms with Crippen LogP contribution in [0, 0.1) is 5.92 Å². The normalized spacial score (nSPS) is 29.2. The van der Waals surface area contributed by atoms with E-state index in [-0.39, 0.29) is 23.5 Å². The van der Waals surface area contributed by atoms with Gasteiger partial charge < -0.3 is 10.1 Å². The van der Waals surface area contributed by atoms with E-state index in [0.29, 0.717) is 12.4 Å². The number of H-pyrrole nitrogens is 1. The van der Waals surface area contributed by atoms with Gasteiger partial charge >= 0.3 is 0 Å². The van der Waals surface area contributed by atoms with Crippen LogP contribution in [0.25, 0.3) is 0 Å². The maximum Gasteiger partial charge on any atom is 0.226 e. The van der Waals surface area contributed by atoms with Gasteiger partial charge in [-0.3, -0.25) is 4.79 Å². The van der Waals surface area contributed by atoms with Crippen molar-refractivity contribution >= 4 is 5.91 Å². The fraction of sp³-hybridized carbons (Fsp3) is 0.818. The summed E-state index contributed by atoms with van der Waals surface area (Å²) in [6.07, 6.45) is 3.47. The lowest BCUT2D eigenvalue weighted by Gasteiger charge is -2.20. The van der Waals surface area contributed by atoms with Crippen LogP contribution in [0.15, 0.2) is 0 Å². The first-order valence-electron chi connectivity index (χ1n) is 6.43. The van der Waals surface area contributed by atoms with Crippen LogP contribution >= 0.6 is 0 Å². The van der Waals surface area contributed by atoms with Crippen molar-refractivity contribution in [3.63, 3.8) is 0 Å². The number of aromatic amines is 1. The van der Waals surface area contributed by atoms with Crippen LogP contribution in [0.4, 0.5) is 0 Å². The molecule has 0 radical (unpaired) electrons.